The molecule has 3 saturated heterocycles. The molecule has 3 fully saturated rings. The molecule has 0 aromatic rings. The van der Waals surface area contributed by atoms with Gasteiger partial charge < -0.3 is 10.2 Å². The molecule has 4 atom stereocenters. The highest BCUT2D eigenvalue weighted by molar-refractivity contribution is 8.00. The predicted octanol–water partition coefficient (Wildman–Crippen LogP) is 1.19. The van der Waals surface area contributed by atoms with Crippen LogP contribution in [0.5, 0.6) is 0 Å². The van der Waals surface area contributed by atoms with Crippen LogP contribution in [-0.2, 0) is 9.59 Å². The van der Waals surface area contributed by atoms with Crippen LogP contribution in [0.1, 0.15) is 47.0 Å². The highest BCUT2D eigenvalue weighted by Gasteiger charge is 2.55. The van der Waals surface area contributed by atoms with E-state index in [9.17, 15) is 14.4 Å². The minimum atomic E-state index is -0.486. The van der Waals surface area contributed by atoms with Gasteiger partial charge in [-0.25, -0.2) is 9.80 Å². The number of hydrazine groups is 1. The minimum Gasteiger partial charge on any atom is -0.352 e. The predicted molar refractivity (Wildman–Crippen MR) is 105 cm³/mol. The van der Waals surface area contributed by atoms with Crippen LogP contribution >= 0.6 is 11.8 Å². The van der Waals surface area contributed by atoms with Gasteiger partial charge in [-0.1, -0.05) is 20.8 Å². The molecule has 2 N–H and O–H groups in total. The summed E-state index contributed by atoms with van der Waals surface area (Å²) in [6.07, 6.45) is 2.04. The van der Waals surface area contributed by atoms with Gasteiger partial charge in [0.15, 0.2) is 6.29 Å². The fourth-order valence-corrected chi connectivity index (χ4v) is 5.13. The van der Waals surface area contributed by atoms with Crippen molar-refractivity contribution in [1.82, 2.24) is 25.6 Å². The molecule has 0 aliphatic carbocycles. The molecule has 0 saturated carbocycles. The average Bonchev–Trinajstić information content (AvgIpc) is 3.20. The quantitative estimate of drug-likeness (QED) is 0.674. The number of fused-ring (bicyclic) bond motifs is 3. The Kier molecular flexibility index (Phi) is 6.20. The van der Waals surface area contributed by atoms with Crippen molar-refractivity contribution in [3.05, 3.63) is 0 Å². The molecule has 3 heterocycles. The summed E-state index contributed by atoms with van der Waals surface area (Å²) in [5.41, 5.74) is 3.13. The first-order chi connectivity index (χ1) is 12.8. The van der Waals surface area contributed by atoms with Gasteiger partial charge in [0.05, 0.1) is 6.04 Å². The molecule has 3 rings (SSSR count). The molecule has 4 amide bonds. The standard InChI is InChI=1S/C18H31N5O3S/c1-5-12(4)19-14(24)10-22-18(26)23-13-7-9-27-15(13)16(25)21(17(23)20-22)8-6-11(2)3/h11-13,15,17,20H,5-10H2,1-4H3,(H,19,24). The van der Waals surface area contributed by atoms with E-state index in [1.165, 1.54) is 5.01 Å². The van der Waals surface area contributed by atoms with Gasteiger partial charge in [-0.3, -0.25) is 14.5 Å². The fourth-order valence-electron chi connectivity index (χ4n) is 3.74. The maximum absolute atomic E-state index is 13.0. The molecule has 0 aromatic heterocycles. The molecule has 0 spiro atoms. The first-order valence-corrected chi connectivity index (χ1v) is 11.0. The van der Waals surface area contributed by atoms with Gasteiger partial charge in [-0.15, -0.1) is 11.8 Å². The third kappa shape index (κ3) is 4.03. The highest BCUT2D eigenvalue weighted by atomic mass is 32.2. The van der Waals surface area contributed by atoms with E-state index in [4.69, 9.17) is 0 Å². The molecule has 3 aliphatic heterocycles. The van der Waals surface area contributed by atoms with Crippen LogP contribution in [0.4, 0.5) is 4.79 Å². The molecule has 0 bridgehead atoms. The number of hydrogen-bond acceptors (Lipinski definition) is 5. The number of carbonyl (C=O) groups is 3. The zero-order valence-corrected chi connectivity index (χ0v) is 17.4. The summed E-state index contributed by atoms with van der Waals surface area (Å²) in [5.74, 6) is 1.26. The smallest absolute Gasteiger partial charge is 0.337 e. The maximum atomic E-state index is 13.0. The van der Waals surface area contributed by atoms with E-state index in [1.54, 1.807) is 21.6 Å². The number of amides is 4. The van der Waals surface area contributed by atoms with Gasteiger partial charge in [0, 0.05) is 12.6 Å². The maximum Gasteiger partial charge on any atom is 0.337 e. The Morgan fingerprint density at radius 3 is 2.74 bits per heavy atom. The normalized spacial score (nSPS) is 28.6. The number of urea groups is 1. The second-order valence-electron chi connectivity index (χ2n) is 8.02. The van der Waals surface area contributed by atoms with E-state index in [-0.39, 0.29) is 41.7 Å². The van der Waals surface area contributed by atoms with Gasteiger partial charge in [-0.2, -0.15) is 5.43 Å². The summed E-state index contributed by atoms with van der Waals surface area (Å²) in [7, 11) is 0. The van der Waals surface area contributed by atoms with Crippen molar-refractivity contribution in [1.29, 1.82) is 0 Å². The van der Waals surface area contributed by atoms with E-state index >= 15 is 0 Å². The molecular weight excluding hydrogens is 366 g/mol. The fraction of sp³-hybridized carbons (Fsp3) is 0.833. The summed E-state index contributed by atoms with van der Waals surface area (Å²) >= 11 is 1.64. The number of carbonyl (C=O) groups excluding carboxylic acids is 3. The first-order valence-electron chi connectivity index (χ1n) is 9.91. The van der Waals surface area contributed by atoms with Crippen LogP contribution in [0.2, 0.25) is 0 Å². The third-order valence-corrected chi connectivity index (χ3v) is 6.84. The Labute approximate surface area is 165 Å². The topological polar surface area (TPSA) is 85.0 Å². The Balaban J connectivity index is 1.75. The van der Waals surface area contributed by atoms with Gasteiger partial charge in [0.1, 0.15) is 11.8 Å². The highest BCUT2D eigenvalue weighted by Crippen LogP contribution is 2.39. The molecule has 152 valence electrons. The number of nitrogens with zero attached hydrogens (tertiary/aromatic N) is 3. The van der Waals surface area contributed by atoms with Crippen molar-refractivity contribution in [2.45, 2.75) is 70.6 Å². The molecule has 9 heteroatoms. The summed E-state index contributed by atoms with van der Waals surface area (Å²) in [6, 6.07) is -0.234. The van der Waals surface area contributed by atoms with Gasteiger partial charge in [0.2, 0.25) is 11.8 Å². The zero-order chi connectivity index (χ0) is 19.7. The Morgan fingerprint density at radius 2 is 2.07 bits per heavy atom. The van der Waals surface area contributed by atoms with Crippen molar-refractivity contribution >= 4 is 29.6 Å². The van der Waals surface area contributed by atoms with Crippen LogP contribution in [0.15, 0.2) is 0 Å². The SMILES string of the molecule is CCC(C)NC(=O)CN1NC2N(CCC(C)C)C(=O)C3SCCC3N2C1=O. The largest absolute Gasteiger partial charge is 0.352 e. The number of rotatable bonds is 7. The summed E-state index contributed by atoms with van der Waals surface area (Å²) in [4.78, 5) is 41.9. The Morgan fingerprint density at radius 1 is 1.33 bits per heavy atom. The Bertz CT molecular complexity index is 602. The molecule has 0 aromatic carbocycles. The van der Waals surface area contributed by atoms with Gasteiger partial charge >= 0.3 is 6.03 Å². The third-order valence-electron chi connectivity index (χ3n) is 5.49. The number of hydrogen-bond donors (Lipinski definition) is 2. The van der Waals surface area contributed by atoms with Crippen LogP contribution in [0, 0.1) is 5.92 Å². The second kappa shape index (κ2) is 8.26. The van der Waals surface area contributed by atoms with E-state index < -0.39 is 6.29 Å². The van der Waals surface area contributed by atoms with E-state index in [0.29, 0.717) is 12.5 Å². The van der Waals surface area contributed by atoms with Crippen molar-refractivity contribution in [3.63, 3.8) is 0 Å². The average molecular weight is 398 g/mol. The monoisotopic (exact) mass is 397 g/mol. The van der Waals surface area contributed by atoms with Crippen LogP contribution < -0.4 is 10.7 Å². The van der Waals surface area contributed by atoms with Crippen molar-refractivity contribution in [3.8, 4) is 0 Å². The summed E-state index contributed by atoms with van der Waals surface area (Å²) in [6.45, 7) is 8.74. The molecule has 27 heavy (non-hydrogen) atoms. The van der Waals surface area contributed by atoms with Gasteiger partial charge in [0.25, 0.3) is 0 Å². The lowest BCUT2D eigenvalue weighted by atomic mass is 10.0. The number of thioether (sulfide) groups is 1. The lowest BCUT2D eigenvalue weighted by Crippen LogP contribution is -2.66. The molecule has 0 radical (unpaired) electrons. The molecule has 8 nitrogen and oxygen atoms in total. The van der Waals surface area contributed by atoms with E-state index in [1.807, 2.05) is 13.8 Å². The van der Waals surface area contributed by atoms with Crippen LogP contribution in [0.3, 0.4) is 0 Å². The molecule has 4 unspecified atom stereocenters. The Hall–Kier alpha value is -1.48. The summed E-state index contributed by atoms with van der Waals surface area (Å²) < 4.78 is 0. The first kappa shape index (κ1) is 20.3. The van der Waals surface area contributed by atoms with Crippen molar-refractivity contribution in [2.24, 2.45) is 5.92 Å². The summed E-state index contributed by atoms with van der Waals surface area (Å²) in [5, 5.41) is 4.07. The van der Waals surface area contributed by atoms with Gasteiger partial charge in [-0.05, 0) is 37.9 Å². The molecular formula is C18H31N5O3S. The number of nitrogens with one attached hydrogen (secondary N) is 2. The lowest BCUT2D eigenvalue weighted by molar-refractivity contribution is -0.144. The molecule has 3 aliphatic rings. The van der Waals surface area contributed by atoms with Crippen LogP contribution in [0.25, 0.3) is 0 Å². The second-order valence-corrected chi connectivity index (χ2v) is 9.27. The lowest BCUT2D eigenvalue weighted by Gasteiger charge is -2.44. The minimum absolute atomic E-state index is 0.0487. The van der Waals surface area contributed by atoms with Crippen LogP contribution in [-0.4, -0.2) is 75.1 Å². The van der Waals surface area contributed by atoms with Crippen molar-refractivity contribution < 1.29 is 14.4 Å². The van der Waals surface area contributed by atoms with Crippen molar-refractivity contribution in [2.75, 3.05) is 18.8 Å². The zero-order valence-electron chi connectivity index (χ0n) is 16.6. The van der Waals surface area contributed by atoms with E-state index in [0.717, 1.165) is 25.0 Å². The van der Waals surface area contributed by atoms with E-state index in [2.05, 4.69) is 24.6 Å².